The molecule has 2 atom stereocenters. The molecule has 2 aliphatic rings. The number of nitrogens with zero attached hydrogens (tertiary/aromatic N) is 1. The molecule has 0 aromatic carbocycles. The fraction of sp³-hybridized carbons (Fsp3) is 0.750. The van der Waals surface area contributed by atoms with Gasteiger partial charge in [0.05, 0.1) is 0 Å². The van der Waals surface area contributed by atoms with Crippen LogP contribution in [0.15, 0.2) is 0 Å². The van der Waals surface area contributed by atoms with Gasteiger partial charge < -0.3 is 10.0 Å². The van der Waals surface area contributed by atoms with Crippen LogP contribution in [0.5, 0.6) is 0 Å². The van der Waals surface area contributed by atoms with Gasteiger partial charge in [0.1, 0.15) is 6.04 Å². The predicted octanol–water partition coefficient (Wildman–Crippen LogP) is 0.0819. The first kappa shape index (κ1) is 7.58. The van der Waals surface area contributed by atoms with Crippen molar-refractivity contribution in [3.8, 4) is 0 Å². The molecule has 2 fully saturated rings. The highest BCUT2D eigenvalue weighted by Crippen LogP contribution is 2.31. The fourth-order valence-electron chi connectivity index (χ4n) is 2.11. The summed E-state index contributed by atoms with van der Waals surface area (Å²) in [5.41, 5.74) is 0. The maximum Gasteiger partial charge on any atom is 0.326 e. The molecule has 4 heteroatoms. The summed E-state index contributed by atoms with van der Waals surface area (Å²) in [7, 11) is 0. The molecule has 0 aromatic heterocycles. The van der Waals surface area contributed by atoms with Gasteiger partial charge in [-0.05, 0) is 18.8 Å². The Morgan fingerprint density at radius 3 is 2.92 bits per heavy atom. The molecule has 0 spiro atoms. The lowest BCUT2D eigenvalue weighted by Crippen LogP contribution is -2.44. The van der Waals surface area contributed by atoms with Gasteiger partial charge in [0, 0.05) is 13.0 Å². The number of carboxylic acid groups (broad SMARTS) is 1. The van der Waals surface area contributed by atoms with E-state index >= 15 is 0 Å². The molecular formula is C8H11NO3. The number of rotatable bonds is 1. The van der Waals surface area contributed by atoms with E-state index in [1.165, 1.54) is 4.90 Å². The molecule has 12 heavy (non-hydrogen) atoms. The normalized spacial score (nSPS) is 34.0. The van der Waals surface area contributed by atoms with Crippen molar-refractivity contribution in [1.29, 1.82) is 0 Å². The average Bonchev–Trinajstić information content (AvgIpc) is 2.28. The first-order valence-corrected chi connectivity index (χ1v) is 4.21. The first-order chi connectivity index (χ1) is 5.68. The number of carboxylic acids is 1. The number of carbonyl (C=O) groups is 2. The summed E-state index contributed by atoms with van der Waals surface area (Å²) < 4.78 is 0. The van der Waals surface area contributed by atoms with Crippen molar-refractivity contribution in [1.82, 2.24) is 4.90 Å². The highest BCUT2D eigenvalue weighted by molar-refractivity contribution is 5.85. The Morgan fingerprint density at radius 2 is 2.25 bits per heavy atom. The van der Waals surface area contributed by atoms with E-state index in [-0.39, 0.29) is 5.91 Å². The fourth-order valence-corrected chi connectivity index (χ4v) is 2.11. The third-order valence-electron chi connectivity index (χ3n) is 2.75. The Balaban J connectivity index is 2.18. The van der Waals surface area contributed by atoms with E-state index in [2.05, 4.69) is 0 Å². The highest BCUT2D eigenvalue weighted by atomic mass is 16.4. The summed E-state index contributed by atoms with van der Waals surface area (Å²) in [5, 5.41) is 8.78. The van der Waals surface area contributed by atoms with E-state index in [1.54, 1.807) is 0 Å². The second kappa shape index (κ2) is 2.47. The van der Waals surface area contributed by atoms with E-state index < -0.39 is 12.0 Å². The molecule has 1 N–H and O–H groups in total. The molecule has 2 bridgehead atoms. The standard InChI is InChI=1S/C8H11NO3/c10-7-3-5-1-2-6(8(11)12)9(7)4-5/h5-6H,1-4H2,(H,11,12)/t5-,6-/m1/s1. The lowest BCUT2D eigenvalue weighted by molar-refractivity contribution is -0.149. The summed E-state index contributed by atoms with van der Waals surface area (Å²) in [5.74, 6) is -0.415. The lowest BCUT2D eigenvalue weighted by Gasteiger charge is -2.28. The van der Waals surface area contributed by atoms with Crippen molar-refractivity contribution in [3.63, 3.8) is 0 Å². The second-order valence-corrected chi connectivity index (χ2v) is 3.55. The summed E-state index contributed by atoms with van der Waals surface area (Å²) in [6.45, 7) is 0.663. The van der Waals surface area contributed by atoms with Gasteiger partial charge >= 0.3 is 5.97 Å². The van der Waals surface area contributed by atoms with Crippen molar-refractivity contribution < 1.29 is 14.7 Å². The van der Waals surface area contributed by atoms with Gasteiger partial charge in [-0.15, -0.1) is 0 Å². The summed E-state index contributed by atoms with van der Waals surface area (Å²) in [6, 6.07) is -0.545. The van der Waals surface area contributed by atoms with Crippen LogP contribution in [0.3, 0.4) is 0 Å². The van der Waals surface area contributed by atoms with E-state index in [9.17, 15) is 9.59 Å². The highest BCUT2D eigenvalue weighted by Gasteiger charge is 2.41. The van der Waals surface area contributed by atoms with Crippen molar-refractivity contribution in [2.75, 3.05) is 6.54 Å². The predicted molar refractivity (Wildman–Crippen MR) is 40.5 cm³/mol. The number of hydrogen-bond donors (Lipinski definition) is 1. The number of aliphatic carboxylic acids is 1. The molecule has 4 nitrogen and oxygen atoms in total. The lowest BCUT2D eigenvalue weighted by atomic mass is 9.96. The quantitative estimate of drug-likeness (QED) is 0.604. The number of fused-ring (bicyclic) bond motifs is 2. The zero-order valence-electron chi connectivity index (χ0n) is 6.69. The van der Waals surface area contributed by atoms with Crippen LogP contribution in [0, 0.1) is 5.92 Å². The van der Waals surface area contributed by atoms with E-state index in [4.69, 9.17) is 5.11 Å². The maximum absolute atomic E-state index is 11.2. The van der Waals surface area contributed by atoms with Gasteiger partial charge in [0.25, 0.3) is 0 Å². The van der Waals surface area contributed by atoms with Crippen molar-refractivity contribution >= 4 is 11.9 Å². The third-order valence-corrected chi connectivity index (χ3v) is 2.75. The Hall–Kier alpha value is -1.06. The van der Waals surface area contributed by atoms with Crippen LogP contribution in [0.4, 0.5) is 0 Å². The maximum atomic E-state index is 11.2. The number of amides is 1. The molecule has 0 aliphatic carbocycles. The molecule has 2 saturated heterocycles. The Bertz CT molecular complexity index is 238. The molecule has 0 unspecified atom stereocenters. The Kier molecular flexibility index (Phi) is 1.56. The largest absolute Gasteiger partial charge is 0.480 e. The molecule has 1 amide bonds. The minimum absolute atomic E-state index is 0.0184. The van der Waals surface area contributed by atoms with Gasteiger partial charge in [-0.1, -0.05) is 0 Å². The van der Waals surface area contributed by atoms with Crippen LogP contribution in [0.2, 0.25) is 0 Å². The minimum atomic E-state index is -0.858. The van der Waals surface area contributed by atoms with Crippen LogP contribution in [-0.2, 0) is 9.59 Å². The molecule has 2 rings (SSSR count). The van der Waals surface area contributed by atoms with Crippen molar-refractivity contribution in [3.05, 3.63) is 0 Å². The SMILES string of the molecule is O=C(O)[C@H]1CC[C@@H]2CC(=O)N1C2. The average molecular weight is 169 g/mol. The monoisotopic (exact) mass is 169 g/mol. The second-order valence-electron chi connectivity index (χ2n) is 3.55. The smallest absolute Gasteiger partial charge is 0.326 e. The van der Waals surface area contributed by atoms with Crippen LogP contribution in [0.25, 0.3) is 0 Å². The van der Waals surface area contributed by atoms with Gasteiger partial charge in [-0.25, -0.2) is 4.79 Å². The number of hydrogen-bond acceptors (Lipinski definition) is 2. The number of piperidine rings is 1. The zero-order chi connectivity index (χ0) is 8.72. The Labute approximate surface area is 70.2 Å². The molecule has 0 radical (unpaired) electrons. The molecule has 0 aromatic rings. The van der Waals surface area contributed by atoms with Crippen LogP contribution in [-0.4, -0.2) is 34.5 Å². The molecule has 2 heterocycles. The Morgan fingerprint density at radius 1 is 1.50 bits per heavy atom. The van der Waals surface area contributed by atoms with Crippen LogP contribution < -0.4 is 0 Å². The van der Waals surface area contributed by atoms with E-state index in [1.807, 2.05) is 0 Å². The topological polar surface area (TPSA) is 57.6 Å². The first-order valence-electron chi connectivity index (χ1n) is 4.21. The summed E-state index contributed by atoms with van der Waals surface area (Å²) in [6.07, 6.45) is 2.08. The minimum Gasteiger partial charge on any atom is -0.480 e. The molecule has 2 aliphatic heterocycles. The van der Waals surface area contributed by atoms with Gasteiger partial charge in [-0.3, -0.25) is 4.79 Å². The van der Waals surface area contributed by atoms with Crippen LogP contribution in [0.1, 0.15) is 19.3 Å². The molecular weight excluding hydrogens is 158 g/mol. The van der Waals surface area contributed by atoms with Gasteiger partial charge in [0.15, 0.2) is 0 Å². The van der Waals surface area contributed by atoms with Crippen molar-refractivity contribution in [2.45, 2.75) is 25.3 Å². The summed E-state index contributed by atoms with van der Waals surface area (Å²) in [4.78, 5) is 23.4. The van der Waals surface area contributed by atoms with E-state index in [0.717, 1.165) is 6.42 Å². The van der Waals surface area contributed by atoms with Gasteiger partial charge in [0.2, 0.25) is 5.91 Å². The van der Waals surface area contributed by atoms with Gasteiger partial charge in [-0.2, -0.15) is 0 Å². The zero-order valence-corrected chi connectivity index (χ0v) is 6.69. The summed E-state index contributed by atoms with van der Waals surface area (Å²) >= 11 is 0. The molecule has 66 valence electrons. The third kappa shape index (κ3) is 0.983. The van der Waals surface area contributed by atoms with Crippen molar-refractivity contribution in [2.24, 2.45) is 5.92 Å². The molecule has 0 saturated carbocycles. The van der Waals surface area contributed by atoms with E-state index in [0.29, 0.717) is 25.3 Å². The number of carbonyl (C=O) groups excluding carboxylic acids is 1. The van der Waals surface area contributed by atoms with Crippen LogP contribution >= 0.6 is 0 Å².